The molecule has 1 aliphatic heterocycles. The summed E-state index contributed by atoms with van der Waals surface area (Å²) in [5.41, 5.74) is 0. The lowest BCUT2D eigenvalue weighted by molar-refractivity contribution is 0.105. The minimum atomic E-state index is 0.707. The second kappa shape index (κ2) is 8.26. The smallest absolute Gasteiger partial charge is 0.0198 e. The lowest BCUT2D eigenvalue weighted by Crippen LogP contribution is -2.51. The van der Waals surface area contributed by atoms with Gasteiger partial charge >= 0.3 is 0 Å². The predicted octanol–water partition coefficient (Wildman–Crippen LogP) is 3.62. The quantitative estimate of drug-likeness (QED) is 0.758. The van der Waals surface area contributed by atoms with Gasteiger partial charge in [-0.2, -0.15) is 0 Å². The average molecular weight is 268 g/mol. The Hall–Kier alpha value is -0.0800. The summed E-state index contributed by atoms with van der Waals surface area (Å²) in [5.74, 6) is 3.26. The highest BCUT2D eigenvalue weighted by Crippen LogP contribution is 2.24. The summed E-state index contributed by atoms with van der Waals surface area (Å²) in [7, 11) is 0. The van der Waals surface area contributed by atoms with E-state index in [2.05, 4.69) is 51.8 Å². The third-order valence-electron chi connectivity index (χ3n) is 4.28. The van der Waals surface area contributed by atoms with Crippen molar-refractivity contribution in [3.63, 3.8) is 0 Å². The van der Waals surface area contributed by atoms with Gasteiger partial charge in [-0.3, -0.25) is 0 Å². The van der Waals surface area contributed by atoms with E-state index in [4.69, 9.17) is 0 Å². The van der Waals surface area contributed by atoms with Crippen LogP contribution in [-0.2, 0) is 0 Å². The summed E-state index contributed by atoms with van der Waals surface area (Å²) in [6, 6.07) is 0.707. The van der Waals surface area contributed by atoms with Gasteiger partial charge in [0, 0.05) is 25.7 Å². The Bertz CT molecular complexity index is 235. The molecule has 114 valence electrons. The number of hydrogen-bond donors (Lipinski definition) is 1. The summed E-state index contributed by atoms with van der Waals surface area (Å²) in [6.07, 6.45) is 2.66. The fraction of sp³-hybridized carbons (Fsp3) is 1.00. The van der Waals surface area contributed by atoms with E-state index in [0.717, 1.165) is 23.7 Å². The standard InChI is InChI=1S/C17H36N2/c1-13(2)7-8-18-17-9-16(15(5)6)11-19(12-17)10-14(3)4/h13-18H,7-12H2,1-6H3. The molecule has 0 amide bonds. The van der Waals surface area contributed by atoms with Gasteiger partial charge in [-0.05, 0) is 43.1 Å². The fourth-order valence-electron chi connectivity index (χ4n) is 3.10. The van der Waals surface area contributed by atoms with Crippen molar-refractivity contribution in [1.82, 2.24) is 10.2 Å². The Labute approximate surface area is 121 Å². The molecule has 0 aromatic heterocycles. The minimum absolute atomic E-state index is 0.707. The summed E-state index contributed by atoms with van der Waals surface area (Å²) in [5, 5.41) is 3.80. The van der Waals surface area contributed by atoms with E-state index in [-0.39, 0.29) is 0 Å². The van der Waals surface area contributed by atoms with Crippen molar-refractivity contribution in [2.45, 2.75) is 60.4 Å². The van der Waals surface area contributed by atoms with Crippen LogP contribution < -0.4 is 5.32 Å². The largest absolute Gasteiger partial charge is 0.313 e. The number of hydrogen-bond acceptors (Lipinski definition) is 2. The van der Waals surface area contributed by atoms with Gasteiger partial charge in [-0.15, -0.1) is 0 Å². The molecule has 2 atom stereocenters. The molecular formula is C17H36N2. The third kappa shape index (κ3) is 6.76. The third-order valence-corrected chi connectivity index (χ3v) is 4.28. The van der Waals surface area contributed by atoms with Crippen LogP contribution in [0.25, 0.3) is 0 Å². The second-order valence-corrected chi connectivity index (χ2v) is 7.69. The zero-order valence-electron chi connectivity index (χ0n) is 14.1. The van der Waals surface area contributed by atoms with Crippen LogP contribution in [0.2, 0.25) is 0 Å². The first-order valence-corrected chi connectivity index (χ1v) is 8.34. The molecule has 0 aliphatic carbocycles. The summed E-state index contributed by atoms with van der Waals surface area (Å²) in [6.45, 7) is 19.0. The van der Waals surface area contributed by atoms with Crippen LogP contribution in [0.5, 0.6) is 0 Å². The van der Waals surface area contributed by atoms with E-state index in [1.165, 1.54) is 39.0 Å². The normalized spacial score (nSPS) is 25.7. The molecule has 2 unspecified atom stereocenters. The van der Waals surface area contributed by atoms with E-state index in [1.54, 1.807) is 0 Å². The summed E-state index contributed by atoms with van der Waals surface area (Å²) >= 11 is 0. The number of nitrogens with one attached hydrogen (secondary N) is 1. The van der Waals surface area contributed by atoms with E-state index >= 15 is 0 Å². The second-order valence-electron chi connectivity index (χ2n) is 7.69. The molecule has 0 aromatic carbocycles. The SMILES string of the molecule is CC(C)CCNC1CC(C(C)C)CN(CC(C)C)C1. The van der Waals surface area contributed by atoms with Crippen LogP contribution in [0.15, 0.2) is 0 Å². The van der Waals surface area contributed by atoms with E-state index < -0.39 is 0 Å². The molecule has 19 heavy (non-hydrogen) atoms. The van der Waals surface area contributed by atoms with Crippen molar-refractivity contribution in [3.05, 3.63) is 0 Å². The van der Waals surface area contributed by atoms with Crippen LogP contribution >= 0.6 is 0 Å². The highest BCUT2D eigenvalue weighted by atomic mass is 15.2. The monoisotopic (exact) mass is 268 g/mol. The lowest BCUT2D eigenvalue weighted by atomic mass is 9.85. The van der Waals surface area contributed by atoms with Crippen LogP contribution in [0.3, 0.4) is 0 Å². The summed E-state index contributed by atoms with van der Waals surface area (Å²) in [4.78, 5) is 2.69. The van der Waals surface area contributed by atoms with E-state index in [0.29, 0.717) is 6.04 Å². The average Bonchev–Trinajstić information content (AvgIpc) is 2.27. The van der Waals surface area contributed by atoms with E-state index in [1.807, 2.05) is 0 Å². The maximum absolute atomic E-state index is 3.80. The Morgan fingerprint density at radius 2 is 1.68 bits per heavy atom. The van der Waals surface area contributed by atoms with Crippen LogP contribution in [-0.4, -0.2) is 37.1 Å². The zero-order valence-corrected chi connectivity index (χ0v) is 14.1. The first kappa shape index (κ1) is 17.0. The van der Waals surface area contributed by atoms with Gasteiger partial charge < -0.3 is 10.2 Å². The molecule has 1 saturated heterocycles. The Kier molecular flexibility index (Phi) is 7.38. The van der Waals surface area contributed by atoms with Gasteiger partial charge in [-0.1, -0.05) is 41.5 Å². The fourth-order valence-corrected chi connectivity index (χ4v) is 3.10. The van der Waals surface area contributed by atoms with Crippen molar-refractivity contribution >= 4 is 0 Å². The van der Waals surface area contributed by atoms with Crippen molar-refractivity contribution in [2.75, 3.05) is 26.2 Å². The van der Waals surface area contributed by atoms with E-state index in [9.17, 15) is 0 Å². The lowest BCUT2D eigenvalue weighted by Gasteiger charge is -2.40. The molecule has 0 bridgehead atoms. The Morgan fingerprint density at radius 3 is 2.21 bits per heavy atom. The van der Waals surface area contributed by atoms with Gasteiger partial charge in [0.05, 0.1) is 0 Å². The zero-order chi connectivity index (χ0) is 14.4. The van der Waals surface area contributed by atoms with Crippen molar-refractivity contribution in [1.29, 1.82) is 0 Å². The van der Waals surface area contributed by atoms with Crippen molar-refractivity contribution < 1.29 is 0 Å². The Morgan fingerprint density at radius 1 is 1.00 bits per heavy atom. The first-order chi connectivity index (χ1) is 8.88. The van der Waals surface area contributed by atoms with Gasteiger partial charge in [0.15, 0.2) is 0 Å². The maximum Gasteiger partial charge on any atom is 0.0198 e. The first-order valence-electron chi connectivity index (χ1n) is 8.34. The number of likely N-dealkylation sites (tertiary alicyclic amines) is 1. The molecule has 1 aliphatic rings. The van der Waals surface area contributed by atoms with Gasteiger partial charge in [0.1, 0.15) is 0 Å². The highest BCUT2D eigenvalue weighted by Gasteiger charge is 2.28. The number of nitrogens with zero attached hydrogens (tertiary/aromatic N) is 1. The van der Waals surface area contributed by atoms with Crippen LogP contribution in [0.4, 0.5) is 0 Å². The molecule has 2 nitrogen and oxygen atoms in total. The molecule has 0 aromatic rings. The topological polar surface area (TPSA) is 15.3 Å². The molecule has 0 spiro atoms. The maximum atomic E-state index is 3.80. The van der Waals surface area contributed by atoms with Gasteiger partial charge in [0.2, 0.25) is 0 Å². The van der Waals surface area contributed by atoms with Crippen molar-refractivity contribution in [3.8, 4) is 0 Å². The molecule has 0 radical (unpaired) electrons. The summed E-state index contributed by atoms with van der Waals surface area (Å²) < 4.78 is 0. The molecule has 1 N–H and O–H groups in total. The van der Waals surface area contributed by atoms with Crippen LogP contribution in [0, 0.1) is 23.7 Å². The number of piperidine rings is 1. The van der Waals surface area contributed by atoms with Crippen LogP contribution in [0.1, 0.15) is 54.4 Å². The molecule has 1 fully saturated rings. The molecule has 0 saturated carbocycles. The molecule has 2 heteroatoms. The minimum Gasteiger partial charge on any atom is -0.313 e. The van der Waals surface area contributed by atoms with Gasteiger partial charge in [-0.25, -0.2) is 0 Å². The number of rotatable bonds is 7. The van der Waals surface area contributed by atoms with Gasteiger partial charge in [0.25, 0.3) is 0 Å². The molecular weight excluding hydrogens is 232 g/mol. The Balaban J connectivity index is 2.45. The molecule has 1 rings (SSSR count). The van der Waals surface area contributed by atoms with Crippen molar-refractivity contribution in [2.24, 2.45) is 23.7 Å². The molecule has 1 heterocycles. The predicted molar refractivity (Wildman–Crippen MR) is 85.5 cm³/mol. The highest BCUT2D eigenvalue weighted by molar-refractivity contribution is 4.85.